The number of para-hydroxylation sites is 2. The minimum absolute atomic E-state index is 0.0238. The third-order valence-electron chi connectivity index (χ3n) is 3.52. The van der Waals surface area contributed by atoms with E-state index in [1.165, 1.54) is 0 Å². The molecule has 0 radical (unpaired) electrons. The molecule has 24 heavy (non-hydrogen) atoms. The van der Waals surface area contributed by atoms with Crippen LogP contribution in [0.4, 0.5) is 5.69 Å². The van der Waals surface area contributed by atoms with Gasteiger partial charge in [-0.1, -0.05) is 32.9 Å². The smallest absolute Gasteiger partial charge is 0.234 e. The van der Waals surface area contributed by atoms with Gasteiger partial charge in [-0.05, 0) is 36.4 Å². The van der Waals surface area contributed by atoms with Gasteiger partial charge in [0.25, 0.3) is 0 Å². The largest absolute Gasteiger partial charge is 0.325 e. The van der Waals surface area contributed by atoms with Gasteiger partial charge >= 0.3 is 0 Å². The first-order chi connectivity index (χ1) is 11.4. The summed E-state index contributed by atoms with van der Waals surface area (Å²) in [5.74, 6) is 0.480. The van der Waals surface area contributed by atoms with Crippen LogP contribution in [0.1, 0.15) is 20.8 Å². The second-order valence-electron chi connectivity index (χ2n) is 6.60. The summed E-state index contributed by atoms with van der Waals surface area (Å²) < 4.78 is 2.13. The average Bonchev–Trinajstić information content (AvgIpc) is 2.97. The van der Waals surface area contributed by atoms with Crippen molar-refractivity contribution >= 4 is 34.4 Å². The van der Waals surface area contributed by atoms with Gasteiger partial charge in [-0.3, -0.25) is 9.36 Å². The second kappa shape index (κ2) is 6.69. The minimum Gasteiger partial charge on any atom is -0.325 e. The van der Waals surface area contributed by atoms with Gasteiger partial charge in [-0.25, -0.2) is 4.98 Å². The Morgan fingerprint density at radius 3 is 2.54 bits per heavy atom. The van der Waals surface area contributed by atoms with E-state index in [9.17, 15) is 4.79 Å². The van der Waals surface area contributed by atoms with E-state index < -0.39 is 0 Å². The van der Waals surface area contributed by atoms with Crippen molar-refractivity contribution in [3.63, 3.8) is 0 Å². The van der Waals surface area contributed by atoms with Crippen LogP contribution in [0, 0.1) is 0 Å². The number of nitrogens with one attached hydrogen (secondary N) is 1. The molecule has 0 saturated heterocycles. The Bertz CT molecular complexity index is 847. The second-order valence-corrected chi connectivity index (χ2v) is 8.40. The molecule has 0 saturated carbocycles. The van der Waals surface area contributed by atoms with E-state index in [2.05, 4.69) is 31.1 Å². The lowest BCUT2D eigenvalue weighted by atomic mass is 10.2. The number of carbonyl (C=O) groups excluding carboxylic acids is 1. The van der Waals surface area contributed by atoms with Crippen LogP contribution >= 0.6 is 11.8 Å². The molecule has 3 rings (SSSR count). The van der Waals surface area contributed by atoms with E-state index in [-0.39, 0.29) is 10.7 Å². The molecule has 0 spiro atoms. The number of nitrogens with zero attached hydrogens (tertiary/aromatic N) is 2. The number of amides is 1. The lowest BCUT2D eigenvalue weighted by Crippen LogP contribution is -2.18. The molecule has 0 unspecified atom stereocenters. The Morgan fingerprint density at radius 1 is 1.12 bits per heavy atom. The fourth-order valence-corrected chi connectivity index (χ4v) is 2.99. The van der Waals surface area contributed by atoms with Crippen molar-refractivity contribution in [3.05, 3.63) is 54.9 Å². The van der Waals surface area contributed by atoms with Crippen LogP contribution in [0.5, 0.6) is 0 Å². The van der Waals surface area contributed by atoms with Crippen molar-refractivity contribution in [1.29, 1.82) is 0 Å². The molecule has 0 fully saturated rings. The molecule has 3 aromatic rings. The molecule has 1 amide bonds. The molecule has 1 N–H and O–H groups in total. The Kier molecular flexibility index (Phi) is 4.62. The SMILES string of the molecule is CC(C)(C)SCC(=O)Nc1ccc(-n2cnc3ccccc32)cc1. The van der Waals surface area contributed by atoms with E-state index in [1.807, 2.05) is 59.4 Å². The Balaban J connectivity index is 1.71. The Morgan fingerprint density at radius 2 is 1.83 bits per heavy atom. The number of imidazole rings is 1. The number of benzene rings is 2. The van der Waals surface area contributed by atoms with Crippen molar-refractivity contribution in [1.82, 2.24) is 9.55 Å². The van der Waals surface area contributed by atoms with Crippen LogP contribution in [-0.2, 0) is 4.79 Å². The number of thioether (sulfide) groups is 1. The van der Waals surface area contributed by atoms with Gasteiger partial charge in [-0.2, -0.15) is 0 Å². The van der Waals surface area contributed by atoms with E-state index in [0.717, 1.165) is 22.4 Å². The molecule has 1 heterocycles. The molecule has 0 atom stereocenters. The third kappa shape index (κ3) is 3.97. The van der Waals surface area contributed by atoms with Gasteiger partial charge in [0.15, 0.2) is 0 Å². The summed E-state index contributed by atoms with van der Waals surface area (Å²) in [6, 6.07) is 15.8. The lowest BCUT2D eigenvalue weighted by molar-refractivity contribution is -0.113. The van der Waals surface area contributed by atoms with Gasteiger partial charge in [0, 0.05) is 16.1 Å². The number of aromatic nitrogens is 2. The maximum atomic E-state index is 12.0. The molecule has 0 aliphatic carbocycles. The highest BCUT2D eigenvalue weighted by Crippen LogP contribution is 2.23. The molecule has 2 aromatic carbocycles. The zero-order valence-corrected chi connectivity index (χ0v) is 14.9. The molecular formula is C19H21N3OS. The Labute approximate surface area is 146 Å². The van der Waals surface area contributed by atoms with E-state index in [0.29, 0.717) is 5.75 Å². The summed E-state index contributed by atoms with van der Waals surface area (Å²) in [6.07, 6.45) is 1.82. The van der Waals surface area contributed by atoms with Gasteiger partial charge in [-0.15, -0.1) is 11.8 Å². The van der Waals surface area contributed by atoms with Crippen molar-refractivity contribution < 1.29 is 4.79 Å². The van der Waals surface area contributed by atoms with E-state index in [1.54, 1.807) is 11.8 Å². The van der Waals surface area contributed by atoms with Crippen LogP contribution in [0.3, 0.4) is 0 Å². The standard InChI is InChI=1S/C19H21N3OS/c1-19(2,3)24-12-18(23)21-14-8-10-15(11-9-14)22-13-20-16-6-4-5-7-17(16)22/h4-11,13H,12H2,1-3H3,(H,21,23). The predicted molar refractivity (Wildman–Crippen MR) is 102 cm³/mol. The van der Waals surface area contributed by atoms with Crippen LogP contribution in [0.25, 0.3) is 16.7 Å². The van der Waals surface area contributed by atoms with Gasteiger partial charge in [0.2, 0.25) is 5.91 Å². The van der Waals surface area contributed by atoms with Crippen LogP contribution in [0.15, 0.2) is 54.9 Å². The molecule has 0 aliphatic heterocycles. The zero-order chi connectivity index (χ0) is 17.2. The van der Waals surface area contributed by atoms with E-state index >= 15 is 0 Å². The number of fused-ring (bicyclic) bond motifs is 1. The molecule has 5 heteroatoms. The van der Waals surface area contributed by atoms with Crippen molar-refractivity contribution in [3.8, 4) is 5.69 Å². The summed E-state index contributed by atoms with van der Waals surface area (Å²) in [6.45, 7) is 6.32. The summed E-state index contributed by atoms with van der Waals surface area (Å²) in [4.78, 5) is 16.4. The van der Waals surface area contributed by atoms with Gasteiger partial charge < -0.3 is 5.32 Å². The van der Waals surface area contributed by atoms with Crippen molar-refractivity contribution in [2.45, 2.75) is 25.5 Å². The lowest BCUT2D eigenvalue weighted by Gasteiger charge is -2.17. The number of rotatable bonds is 4. The number of anilines is 1. The molecule has 4 nitrogen and oxygen atoms in total. The molecule has 0 bridgehead atoms. The summed E-state index contributed by atoms with van der Waals surface area (Å²) in [7, 11) is 0. The first-order valence-corrected chi connectivity index (χ1v) is 8.87. The molecule has 124 valence electrons. The highest BCUT2D eigenvalue weighted by molar-refractivity contribution is 8.01. The first kappa shape index (κ1) is 16.6. The predicted octanol–water partition coefficient (Wildman–Crippen LogP) is 4.50. The highest BCUT2D eigenvalue weighted by Gasteiger charge is 2.13. The fourth-order valence-electron chi connectivity index (χ4n) is 2.35. The van der Waals surface area contributed by atoms with Crippen LogP contribution < -0.4 is 5.32 Å². The minimum atomic E-state index is 0.0238. The highest BCUT2D eigenvalue weighted by atomic mass is 32.2. The summed E-state index contributed by atoms with van der Waals surface area (Å²) in [5, 5.41) is 2.94. The zero-order valence-electron chi connectivity index (χ0n) is 14.1. The van der Waals surface area contributed by atoms with Crippen molar-refractivity contribution in [2.75, 3.05) is 11.1 Å². The first-order valence-electron chi connectivity index (χ1n) is 7.89. The fraction of sp³-hybridized carbons (Fsp3) is 0.263. The average molecular weight is 339 g/mol. The number of carbonyl (C=O) groups is 1. The monoisotopic (exact) mass is 339 g/mol. The summed E-state index contributed by atoms with van der Waals surface area (Å²) in [5.41, 5.74) is 3.86. The molecular weight excluding hydrogens is 318 g/mol. The molecule has 0 aliphatic rings. The normalized spacial score (nSPS) is 11.6. The number of hydrogen-bond donors (Lipinski definition) is 1. The summed E-state index contributed by atoms with van der Waals surface area (Å²) >= 11 is 1.64. The van der Waals surface area contributed by atoms with Crippen molar-refractivity contribution in [2.24, 2.45) is 0 Å². The topological polar surface area (TPSA) is 46.9 Å². The van der Waals surface area contributed by atoms with E-state index in [4.69, 9.17) is 0 Å². The molecule has 1 aromatic heterocycles. The third-order valence-corrected chi connectivity index (χ3v) is 4.79. The van der Waals surface area contributed by atoms with Crippen LogP contribution in [0.2, 0.25) is 0 Å². The van der Waals surface area contributed by atoms with Gasteiger partial charge in [0.05, 0.1) is 16.8 Å². The number of hydrogen-bond acceptors (Lipinski definition) is 3. The maximum Gasteiger partial charge on any atom is 0.234 e. The van der Waals surface area contributed by atoms with Crippen LogP contribution in [-0.4, -0.2) is 26.0 Å². The quantitative estimate of drug-likeness (QED) is 0.761. The Hall–Kier alpha value is -2.27. The van der Waals surface area contributed by atoms with Gasteiger partial charge in [0.1, 0.15) is 6.33 Å². The maximum absolute atomic E-state index is 12.0.